The molecule has 0 aromatic carbocycles. The van der Waals surface area contributed by atoms with Crippen LogP contribution >= 0.6 is 0 Å². The summed E-state index contributed by atoms with van der Waals surface area (Å²) in [5, 5.41) is 0. The molecule has 3 heterocycles. The van der Waals surface area contributed by atoms with Crippen LogP contribution in [0.1, 0.15) is 0 Å². The fraction of sp³-hybridized carbons (Fsp3) is 0. The van der Waals surface area contributed by atoms with Crippen LogP contribution in [0.4, 0.5) is 0 Å². The molecule has 3 fully saturated rings. The van der Waals surface area contributed by atoms with Crippen LogP contribution in [-0.4, -0.2) is 28.8 Å². The van der Waals surface area contributed by atoms with Crippen molar-refractivity contribution in [1.29, 1.82) is 0 Å². The first-order chi connectivity index (χ1) is 2.45. The van der Waals surface area contributed by atoms with E-state index in [0.29, 0.717) is 0 Å². The van der Waals surface area contributed by atoms with Crippen LogP contribution in [0.2, 0.25) is 0 Å². The van der Waals surface area contributed by atoms with E-state index in [2.05, 4.69) is 0 Å². The Kier molecular flexibility index (Phi) is 0.405. The summed E-state index contributed by atoms with van der Waals surface area (Å²) in [5.41, 5.74) is 0. The zero-order valence-corrected chi connectivity index (χ0v) is 4.80. The Morgan fingerprint density at radius 3 is 1.40 bits per heavy atom. The summed E-state index contributed by atoms with van der Waals surface area (Å²) in [6.45, 7) is 0. The van der Waals surface area contributed by atoms with Crippen LogP contribution in [0.15, 0.2) is 0 Å². The van der Waals surface area contributed by atoms with E-state index in [1.165, 1.54) is 0 Å². The molecule has 0 unspecified atom stereocenters. The van der Waals surface area contributed by atoms with Crippen LogP contribution in [-0.2, 0) is 8.80 Å². The van der Waals surface area contributed by atoms with Gasteiger partial charge in [-0.2, -0.15) is 0 Å². The van der Waals surface area contributed by atoms with E-state index in [-0.39, 0.29) is 7.32 Å². The minimum absolute atomic E-state index is 0.210. The van der Waals surface area contributed by atoms with Crippen molar-refractivity contribution in [2.24, 2.45) is 0 Å². The molecular weight excluding hydrogens is 181 g/mol. The summed E-state index contributed by atoms with van der Waals surface area (Å²) in [6.07, 6.45) is 0. The van der Waals surface area contributed by atoms with Crippen molar-refractivity contribution in [3.05, 3.63) is 0 Å². The van der Waals surface area contributed by atoms with Crippen molar-refractivity contribution >= 4 is 28.8 Å². The number of hydrogen-bond acceptors (Lipinski definition) is 3. The molecule has 0 spiro atoms. The fourth-order valence-corrected chi connectivity index (χ4v) is 1.57. The molecule has 0 aromatic rings. The Bertz CT molecular complexity index is 43.6. The topological polar surface area (TPSA) is 27.7 Å². The number of hydrogen-bond donors (Lipinski definition) is 0. The monoisotopic (exact) mass is 180 g/mol. The second kappa shape index (κ2) is 0.708. The molecule has 0 atom stereocenters. The third-order valence-corrected chi connectivity index (χ3v) is 3.46. The van der Waals surface area contributed by atoms with Gasteiger partial charge in [-0.1, -0.05) is 0 Å². The van der Waals surface area contributed by atoms with Crippen LogP contribution in [0, 0.1) is 0 Å². The maximum absolute atomic E-state index is 4.77. The fourth-order valence-electron chi connectivity index (χ4n) is 0.235. The number of rotatable bonds is 0. The summed E-state index contributed by atoms with van der Waals surface area (Å²) in [4.78, 5) is 0. The summed E-state index contributed by atoms with van der Waals surface area (Å²) >= 11 is -1.66. The van der Waals surface area contributed by atoms with E-state index in [1.807, 2.05) is 0 Å². The van der Waals surface area contributed by atoms with Gasteiger partial charge in [-0.3, -0.25) is 0 Å². The zero-order chi connectivity index (χ0) is 3.28. The third-order valence-electron chi connectivity index (χ3n) is 0.516. The van der Waals surface area contributed by atoms with Gasteiger partial charge in [0.2, 0.25) is 0 Å². The quantitative estimate of drug-likeness (QED) is 0.449. The Morgan fingerprint density at radius 1 is 1.20 bits per heavy atom. The molecule has 2 bridgehead atoms. The molecule has 0 saturated carbocycles. The second-order valence-electron chi connectivity index (χ2n) is 0.829. The second-order valence-corrected chi connectivity index (χ2v) is 3.91. The summed E-state index contributed by atoms with van der Waals surface area (Å²) < 4.78 is 14.3. The van der Waals surface area contributed by atoms with Crippen LogP contribution in [0.3, 0.4) is 0 Å². The Morgan fingerprint density at radius 2 is 1.40 bits per heavy atom. The molecular formula is BO3Sb. The molecule has 5 heteroatoms. The van der Waals surface area contributed by atoms with E-state index >= 15 is 0 Å². The van der Waals surface area contributed by atoms with E-state index in [4.69, 9.17) is 8.80 Å². The van der Waals surface area contributed by atoms with Gasteiger partial charge in [-0.05, 0) is 0 Å². The Hall–Kier alpha value is 0.763. The van der Waals surface area contributed by atoms with Crippen molar-refractivity contribution in [2.75, 3.05) is 0 Å². The summed E-state index contributed by atoms with van der Waals surface area (Å²) in [5.74, 6) is 0. The van der Waals surface area contributed by atoms with Gasteiger partial charge in [0.15, 0.2) is 0 Å². The zero-order valence-electron chi connectivity index (χ0n) is 2.25. The van der Waals surface area contributed by atoms with Gasteiger partial charge in [0.25, 0.3) is 0 Å². The predicted molar refractivity (Wildman–Crippen MR) is 14.8 cm³/mol. The normalized spacial score (nSPS) is 32.4. The molecule has 0 radical (unpaired) electrons. The molecule has 5 heavy (non-hydrogen) atoms. The van der Waals surface area contributed by atoms with Gasteiger partial charge in [0, 0.05) is 0 Å². The standard InChI is InChI=1S/BO3.Sb/c2-1(3)4;/q-3;+3. The van der Waals surface area contributed by atoms with E-state index in [9.17, 15) is 0 Å². The molecule has 3 rings (SSSR count). The van der Waals surface area contributed by atoms with Gasteiger partial charge in [-0.25, -0.2) is 0 Å². The van der Waals surface area contributed by atoms with Crippen molar-refractivity contribution in [3.8, 4) is 0 Å². The molecule has 3 aliphatic heterocycles. The first kappa shape index (κ1) is 2.86. The summed E-state index contributed by atoms with van der Waals surface area (Å²) in [6, 6.07) is 0. The molecule has 0 aromatic heterocycles. The maximum atomic E-state index is 4.77. The van der Waals surface area contributed by atoms with Crippen molar-refractivity contribution in [3.63, 3.8) is 0 Å². The molecule has 0 N–H and O–H groups in total. The van der Waals surface area contributed by atoms with Crippen LogP contribution < -0.4 is 0 Å². The average molecular weight is 181 g/mol. The van der Waals surface area contributed by atoms with E-state index in [0.717, 1.165) is 0 Å². The molecule has 3 nitrogen and oxygen atoms in total. The first-order valence-electron chi connectivity index (χ1n) is 1.25. The first-order valence-corrected chi connectivity index (χ1v) is 4.38. The van der Waals surface area contributed by atoms with Gasteiger partial charge >= 0.3 is 37.6 Å². The molecule has 0 aliphatic carbocycles. The average Bonchev–Trinajstić information content (AvgIpc) is 0.592. The Labute approximate surface area is 38.0 Å². The van der Waals surface area contributed by atoms with Crippen LogP contribution in [0.5, 0.6) is 0 Å². The summed E-state index contributed by atoms with van der Waals surface area (Å²) in [7, 11) is -0.210. The van der Waals surface area contributed by atoms with Gasteiger partial charge in [0.05, 0.1) is 0 Å². The van der Waals surface area contributed by atoms with Gasteiger partial charge < -0.3 is 0 Å². The minimum atomic E-state index is -1.66. The van der Waals surface area contributed by atoms with E-state index < -0.39 is 21.5 Å². The van der Waals surface area contributed by atoms with Gasteiger partial charge in [-0.15, -0.1) is 0 Å². The van der Waals surface area contributed by atoms with Gasteiger partial charge in [0.1, 0.15) is 0 Å². The van der Waals surface area contributed by atoms with Crippen molar-refractivity contribution in [1.82, 2.24) is 0 Å². The third kappa shape index (κ3) is 0.223. The van der Waals surface area contributed by atoms with E-state index in [1.54, 1.807) is 0 Å². The predicted octanol–water partition coefficient (Wildman–Crippen LogP) is -0.967. The van der Waals surface area contributed by atoms with Crippen molar-refractivity contribution < 1.29 is 8.80 Å². The van der Waals surface area contributed by atoms with Crippen molar-refractivity contribution in [2.45, 2.75) is 0 Å². The molecule has 3 saturated heterocycles. The van der Waals surface area contributed by atoms with Crippen LogP contribution in [0.25, 0.3) is 0 Å². The molecule has 26 valence electrons. The SMILES string of the molecule is [O]1B2[O][Sb]1[O]2. The molecule has 0 amide bonds. The molecule has 3 aliphatic rings. The Balaban J connectivity index is 2.19.